The number of benzene rings is 1. The number of para-hydroxylation sites is 1. The number of likely N-dealkylation sites (tertiary alicyclic amines) is 1. The van der Waals surface area contributed by atoms with E-state index in [0.29, 0.717) is 5.92 Å². The van der Waals surface area contributed by atoms with Gasteiger partial charge in [-0.25, -0.2) is 0 Å². The molecule has 0 saturated carbocycles. The van der Waals surface area contributed by atoms with E-state index in [1.54, 1.807) is 0 Å². The van der Waals surface area contributed by atoms with Crippen LogP contribution < -0.4 is 10.6 Å². The zero-order chi connectivity index (χ0) is 13.9. The summed E-state index contributed by atoms with van der Waals surface area (Å²) in [6.07, 6.45) is 2.00. The Kier molecular flexibility index (Phi) is 3.92. The predicted octanol–water partition coefficient (Wildman–Crippen LogP) is 1.48. The summed E-state index contributed by atoms with van der Waals surface area (Å²) in [7, 11) is 0. The number of amides is 1. The first kappa shape index (κ1) is 13.4. The van der Waals surface area contributed by atoms with Crippen molar-refractivity contribution in [3.63, 3.8) is 0 Å². The van der Waals surface area contributed by atoms with Crippen LogP contribution in [-0.4, -0.2) is 43.0 Å². The lowest BCUT2D eigenvalue weighted by molar-refractivity contribution is -0.121. The minimum absolute atomic E-state index is 0.101. The Balaban J connectivity index is 1.47. The molecule has 3 rings (SSSR count). The van der Waals surface area contributed by atoms with Crippen molar-refractivity contribution in [3.8, 4) is 0 Å². The van der Waals surface area contributed by atoms with Gasteiger partial charge in [-0.1, -0.05) is 25.1 Å². The zero-order valence-corrected chi connectivity index (χ0v) is 12.1. The van der Waals surface area contributed by atoms with Crippen LogP contribution in [0.2, 0.25) is 0 Å². The maximum Gasteiger partial charge on any atom is 0.242 e. The second-order valence-electron chi connectivity index (χ2n) is 5.85. The summed E-state index contributed by atoms with van der Waals surface area (Å²) >= 11 is 0. The lowest BCUT2D eigenvalue weighted by Crippen LogP contribution is -2.41. The number of nitrogens with zero attached hydrogens (tertiary/aromatic N) is 1. The molecular formula is C16H23N3O. The Morgan fingerprint density at radius 2 is 2.30 bits per heavy atom. The van der Waals surface area contributed by atoms with Gasteiger partial charge >= 0.3 is 0 Å². The molecule has 1 fully saturated rings. The summed E-state index contributed by atoms with van der Waals surface area (Å²) in [5, 5.41) is 6.43. The average Bonchev–Trinajstić information content (AvgIpc) is 3.10. The highest BCUT2D eigenvalue weighted by atomic mass is 16.2. The quantitative estimate of drug-likeness (QED) is 0.873. The van der Waals surface area contributed by atoms with Gasteiger partial charge in [-0.15, -0.1) is 0 Å². The molecule has 2 unspecified atom stereocenters. The number of fused-ring (bicyclic) bond motifs is 1. The van der Waals surface area contributed by atoms with E-state index < -0.39 is 0 Å². The molecule has 4 nitrogen and oxygen atoms in total. The number of hydrogen-bond donors (Lipinski definition) is 2. The van der Waals surface area contributed by atoms with Crippen molar-refractivity contribution in [2.24, 2.45) is 5.92 Å². The smallest absolute Gasteiger partial charge is 0.242 e. The fraction of sp³-hybridized carbons (Fsp3) is 0.562. The highest BCUT2D eigenvalue weighted by Gasteiger charge is 2.27. The van der Waals surface area contributed by atoms with E-state index in [9.17, 15) is 4.79 Å². The van der Waals surface area contributed by atoms with E-state index >= 15 is 0 Å². The van der Waals surface area contributed by atoms with Crippen molar-refractivity contribution >= 4 is 11.6 Å². The maximum absolute atomic E-state index is 12.2. The SMILES string of the molecule is CCN1CCC(CNC(=O)C2Cc3ccccc3N2)C1. The lowest BCUT2D eigenvalue weighted by atomic mass is 10.1. The van der Waals surface area contributed by atoms with Crippen LogP contribution in [0.1, 0.15) is 18.9 Å². The van der Waals surface area contributed by atoms with Gasteiger partial charge in [0.2, 0.25) is 5.91 Å². The normalized spacial score (nSPS) is 25.2. The molecule has 2 aliphatic rings. The van der Waals surface area contributed by atoms with Gasteiger partial charge in [0.25, 0.3) is 0 Å². The summed E-state index contributed by atoms with van der Waals surface area (Å²) in [5.41, 5.74) is 2.34. The third kappa shape index (κ3) is 2.80. The van der Waals surface area contributed by atoms with Gasteiger partial charge in [-0.05, 0) is 37.1 Å². The minimum Gasteiger partial charge on any atom is -0.373 e. The second kappa shape index (κ2) is 5.83. The maximum atomic E-state index is 12.2. The summed E-state index contributed by atoms with van der Waals surface area (Å²) < 4.78 is 0. The average molecular weight is 273 g/mol. The third-order valence-corrected chi connectivity index (χ3v) is 4.47. The summed E-state index contributed by atoms with van der Waals surface area (Å²) in [6, 6.07) is 8.06. The van der Waals surface area contributed by atoms with Crippen molar-refractivity contribution in [2.75, 3.05) is 31.5 Å². The topological polar surface area (TPSA) is 44.4 Å². The summed E-state index contributed by atoms with van der Waals surface area (Å²) in [6.45, 7) is 6.41. The van der Waals surface area contributed by atoms with Crippen LogP contribution in [0, 0.1) is 5.92 Å². The fourth-order valence-electron chi connectivity index (χ4n) is 3.19. The first-order valence-electron chi connectivity index (χ1n) is 7.60. The van der Waals surface area contributed by atoms with Crippen molar-refractivity contribution in [1.82, 2.24) is 10.2 Å². The van der Waals surface area contributed by atoms with Crippen LogP contribution in [-0.2, 0) is 11.2 Å². The molecule has 2 aliphatic heterocycles. The highest BCUT2D eigenvalue weighted by Crippen LogP contribution is 2.25. The van der Waals surface area contributed by atoms with Crippen LogP contribution >= 0.6 is 0 Å². The molecule has 20 heavy (non-hydrogen) atoms. The number of hydrogen-bond acceptors (Lipinski definition) is 3. The molecule has 108 valence electrons. The van der Waals surface area contributed by atoms with E-state index in [1.807, 2.05) is 18.2 Å². The highest BCUT2D eigenvalue weighted by molar-refractivity contribution is 5.87. The van der Waals surface area contributed by atoms with E-state index in [-0.39, 0.29) is 11.9 Å². The first-order valence-corrected chi connectivity index (χ1v) is 7.60. The largest absolute Gasteiger partial charge is 0.373 e. The molecule has 0 radical (unpaired) electrons. The number of nitrogens with one attached hydrogen (secondary N) is 2. The second-order valence-corrected chi connectivity index (χ2v) is 5.85. The first-order chi connectivity index (χ1) is 9.76. The Hall–Kier alpha value is -1.55. The molecular weight excluding hydrogens is 250 g/mol. The van der Waals surface area contributed by atoms with Gasteiger partial charge in [0, 0.05) is 25.2 Å². The van der Waals surface area contributed by atoms with Crippen LogP contribution in [0.25, 0.3) is 0 Å². The number of carbonyl (C=O) groups excluding carboxylic acids is 1. The van der Waals surface area contributed by atoms with Crippen LogP contribution in [0.4, 0.5) is 5.69 Å². The summed E-state index contributed by atoms with van der Waals surface area (Å²) in [5.74, 6) is 0.749. The van der Waals surface area contributed by atoms with Crippen LogP contribution in [0.15, 0.2) is 24.3 Å². The van der Waals surface area contributed by atoms with E-state index in [4.69, 9.17) is 0 Å². The van der Waals surface area contributed by atoms with Gasteiger partial charge in [-0.2, -0.15) is 0 Å². The van der Waals surface area contributed by atoms with Crippen LogP contribution in [0.3, 0.4) is 0 Å². The van der Waals surface area contributed by atoms with Crippen molar-refractivity contribution in [3.05, 3.63) is 29.8 Å². The zero-order valence-electron chi connectivity index (χ0n) is 12.1. The molecule has 2 atom stereocenters. The number of carbonyl (C=O) groups is 1. The predicted molar refractivity (Wildman–Crippen MR) is 80.8 cm³/mol. The minimum atomic E-state index is -0.101. The van der Waals surface area contributed by atoms with Gasteiger partial charge in [0.15, 0.2) is 0 Å². The van der Waals surface area contributed by atoms with E-state index in [2.05, 4.69) is 28.5 Å². The molecule has 0 aromatic heterocycles. The molecule has 0 bridgehead atoms. The van der Waals surface area contributed by atoms with Crippen molar-refractivity contribution in [1.29, 1.82) is 0 Å². The Labute approximate surface area is 120 Å². The van der Waals surface area contributed by atoms with Gasteiger partial charge in [-0.3, -0.25) is 4.79 Å². The van der Waals surface area contributed by atoms with Gasteiger partial charge in [0.05, 0.1) is 0 Å². The van der Waals surface area contributed by atoms with Crippen molar-refractivity contribution in [2.45, 2.75) is 25.8 Å². The molecule has 4 heteroatoms. The third-order valence-electron chi connectivity index (χ3n) is 4.47. The van der Waals surface area contributed by atoms with Crippen LogP contribution in [0.5, 0.6) is 0 Å². The molecule has 0 aliphatic carbocycles. The van der Waals surface area contributed by atoms with E-state index in [1.165, 1.54) is 18.5 Å². The summed E-state index contributed by atoms with van der Waals surface area (Å²) in [4.78, 5) is 14.7. The molecule has 0 spiro atoms. The van der Waals surface area contributed by atoms with Gasteiger partial charge < -0.3 is 15.5 Å². The Bertz CT molecular complexity index is 463. The van der Waals surface area contributed by atoms with Crippen molar-refractivity contribution < 1.29 is 4.79 Å². The standard InChI is InChI=1S/C16H23N3O/c1-2-19-8-7-12(11-19)10-17-16(20)15-9-13-5-3-4-6-14(13)18-15/h3-6,12,15,18H,2,7-11H2,1H3,(H,17,20). The number of anilines is 1. The Morgan fingerprint density at radius 1 is 1.45 bits per heavy atom. The molecule has 1 amide bonds. The number of rotatable bonds is 4. The molecule has 1 aromatic carbocycles. The molecule has 1 aromatic rings. The molecule has 2 heterocycles. The fourth-order valence-corrected chi connectivity index (χ4v) is 3.19. The molecule has 2 N–H and O–H groups in total. The monoisotopic (exact) mass is 273 g/mol. The van der Waals surface area contributed by atoms with E-state index in [0.717, 1.165) is 31.7 Å². The van der Waals surface area contributed by atoms with Gasteiger partial charge in [0.1, 0.15) is 6.04 Å². The molecule has 1 saturated heterocycles. The lowest BCUT2D eigenvalue weighted by Gasteiger charge is -2.16. The Morgan fingerprint density at radius 3 is 3.05 bits per heavy atom.